The third-order valence-corrected chi connectivity index (χ3v) is 1.96. The van der Waals surface area contributed by atoms with Gasteiger partial charge in [-0.2, -0.15) is 0 Å². The van der Waals surface area contributed by atoms with Crippen molar-refractivity contribution in [3.8, 4) is 0 Å². The Bertz CT molecular complexity index is 55.4. The SMILES string of the molecule is [O-]CC1CCCCC1. The molecule has 0 aromatic rings. The molecule has 0 bridgehead atoms. The summed E-state index contributed by atoms with van der Waals surface area (Å²) in [5, 5.41) is 10.3. The monoisotopic (exact) mass is 113 g/mol. The topological polar surface area (TPSA) is 23.1 Å². The summed E-state index contributed by atoms with van der Waals surface area (Å²) in [7, 11) is 0. The first-order chi connectivity index (χ1) is 3.93. The van der Waals surface area contributed by atoms with Gasteiger partial charge in [-0.15, -0.1) is 6.61 Å². The highest BCUT2D eigenvalue weighted by Gasteiger charge is 2.07. The predicted octanol–water partition coefficient (Wildman–Crippen LogP) is 0.927. The van der Waals surface area contributed by atoms with Gasteiger partial charge >= 0.3 is 0 Å². The average molecular weight is 113 g/mol. The van der Waals surface area contributed by atoms with Crippen LogP contribution in [0.5, 0.6) is 0 Å². The molecule has 0 heterocycles. The largest absolute Gasteiger partial charge is 0.854 e. The summed E-state index contributed by atoms with van der Waals surface area (Å²) < 4.78 is 0. The Morgan fingerprint density at radius 1 is 1.12 bits per heavy atom. The first kappa shape index (κ1) is 6.09. The minimum Gasteiger partial charge on any atom is -0.854 e. The van der Waals surface area contributed by atoms with Gasteiger partial charge in [0.15, 0.2) is 0 Å². The molecule has 1 aliphatic rings. The number of hydrogen-bond acceptors (Lipinski definition) is 1. The molecule has 0 unspecified atom stereocenters. The summed E-state index contributed by atoms with van der Waals surface area (Å²) in [5.41, 5.74) is 0. The van der Waals surface area contributed by atoms with Gasteiger partial charge < -0.3 is 5.11 Å². The van der Waals surface area contributed by atoms with E-state index in [1.54, 1.807) is 0 Å². The fourth-order valence-electron chi connectivity index (χ4n) is 1.35. The van der Waals surface area contributed by atoms with E-state index < -0.39 is 0 Å². The predicted molar refractivity (Wildman–Crippen MR) is 31.4 cm³/mol. The van der Waals surface area contributed by atoms with Gasteiger partial charge in [-0.25, -0.2) is 0 Å². The quantitative estimate of drug-likeness (QED) is 0.496. The van der Waals surface area contributed by atoms with Gasteiger partial charge in [-0.1, -0.05) is 38.0 Å². The van der Waals surface area contributed by atoms with Crippen molar-refractivity contribution in [2.75, 3.05) is 6.61 Å². The standard InChI is InChI=1S/C7H13O/c8-6-7-4-2-1-3-5-7/h7H,1-6H2/q-1. The lowest BCUT2D eigenvalue weighted by Crippen LogP contribution is -2.20. The van der Waals surface area contributed by atoms with Crippen molar-refractivity contribution in [2.45, 2.75) is 32.1 Å². The Labute approximate surface area is 50.7 Å². The van der Waals surface area contributed by atoms with Crippen LogP contribution in [0.2, 0.25) is 0 Å². The lowest BCUT2D eigenvalue weighted by molar-refractivity contribution is -0.380. The summed E-state index contributed by atoms with van der Waals surface area (Å²) in [4.78, 5) is 0. The van der Waals surface area contributed by atoms with E-state index in [-0.39, 0.29) is 6.61 Å². The van der Waals surface area contributed by atoms with Gasteiger partial charge in [0.05, 0.1) is 0 Å². The first-order valence-electron chi connectivity index (χ1n) is 3.51. The molecule has 0 radical (unpaired) electrons. The van der Waals surface area contributed by atoms with Crippen LogP contribution in [-0.4, -0.2) is 6.61 Å². The molecule has 0 spiro atoms. The van der Waals surface area contributed by atoms with Gasteiger partial charge in [-0.3, -0.25) is 0 Å². The molecule has 0 N–H and O–H groups in total. The van der Waals surface area contributed by atoms with Gasteiger partial charge in [0, 0.05) is 0 Å². The molecule has 0 saturated heterocycles. The van der Waals surface area contributed by atoms with Crippen molar-refractivity contribution >= 4 is 0 Å². The number of hydrogen-bond donors (Lipinski definition) is 0. The van der Waals surface area contributed by atoms with Crippen LogP contribution >= 0.6 is 0 Å². The first-order valence-corrected chi connectivity index (χ1v) is 3.51. The Kier molecular flexibility index (Phi) is 2.34. The smallest absolute Gasteiger partial charge is 0.0517 e. The van der Waals surface area contributed by atoms with E-state index in [4.69, 9.17) is 0 Å². The van der Waals surface area contributed by atoms with Crippen LogP contribution < -0.4 is 5.11 Å². The highest BCUT2D eigenvalue weighted by molar-refractivity contribution is 4.62. The van der Waals surface area contributed by atoms with Gasteiger partial charge in [0.2, 0.25) is 0 Å². The van der Waals surface area contributed by atoms with E-state index in [2.05, 4.69) is 0 Å². The molecule has 1 nitrogen and oxygen atoms in total. The molecule has 0 atom stereocenters. The van der Waals surface area contributed by atoms with E-state index in [1.165, 1.54) is 32.1 Å². The highest BCUT2D eigenvalue weighted by atomic mass is 16.3. The Hall–Kier alpha value is -0.0400. The summed E-state index contributed by atoms with van der Waals surface area (Å²) in [6.07, 6.45) is 6.35. The molecule has 1 rings (SSSR count). The fraction of sp³-hybridized carbons (Fsp3) is 1.00. The molecule has 1 heteroatoms. The second-order valence-electron chi connectivity index (χ2n) is 2.67. The fourth-order valence-corrected chi connectivity index (χ4v) is 1.35. The molecular weight excluding hydrogens is 100 g/mol. The lowest BCUT2D eigenvalue weighted by Gasteiger charge is -2.23. The van der Waals surface area contributed by atoms with Crippen LogP contribution in [0.4, 0.5) is 0 Å². The van der Waals surface area contributed by atoms with Gasteiger partial charge in [0.25, 0.3) is 0 Å². The van der Waals surface area contributed by atoms with Crippen molar-refractivity contribution in [3.05, 3.63) is 0 Å². The van der Waals surface area contributed by atoms with Crippen molar-refractivity contribution in [3.63, 3.8) is 0 Å². The Morgan fingerprint density at radius 3 is 2.12 bits per heavy atom. The normalized spacial score (nSPS) is 23.6. The number of rotatable bonds is 1. The van der Waals surface area contributed by atoms with Crippen molar-refractivity contribution in [2.24, 2.45) is 5.92 Å². The van der Waals surface area contributed by atoms with E-state index in [1.807, 2.05) is 0 Å². The highest BCUT2D eigenvalue weighted by Crippen LogP contribution is 2.21. The summed E-state index contributed by atoms with van der Waals surface area (Å²) in [5.74, 6) is 0.531. The zero-order valence-corrected chi connectivity index (χ0v) is 5.23. The molecule has 0 aromatic heterocycles. The zero-order chi connectivity index (χ0) is 5.82. The second-order valence-corrected chi connectivity index (χ2v) is 2.67. The second kappa shape index (κ2) is 3.08. The molecular formula is C7H13O-. The Balaban J connectivity index is 2.13. The van der Waals surface area contributed by atoms with E-state index in [0.29, 0.717) is 5.92 Å². The zero-order valence-electron chi connectivity index (χ0n) is 5.23. The minimum absolute atomic E-state index is 0.167. The average Bonchev–Trinajstić information content (AvgIpc) is 1.90. The van der Waals surface area contributed by atoms with Crippen molar-refractivity contribution < 1.29 is 5.11 Å². The molecule has 48 valence electrons. The third-order valence-electron chi connectivity index (χ3n) is 1.96. The minimum atomic E-state index is 0.167. The molecule has 1 fully saturated rings. The van der Waals surface area contributed by atoms with Crippen LogP contribution in [0.15, 0.2) is 0 Å². The molecule has 1 aliphatic carbocycles. The summed E-state index contributed by atoms with van der Waals surface area (Å²) in [6, 6.07) is 0. The summed E-state index contributed by atoms with van der Waals surface area (Å²) >= 11 is 0. The Morgan fingerprint density at radius 2 is 1.75 bits per heavy atom. The third kappa shape index (κ3) is 1.48. The van der Waals surface area contributed by atoms with E-state index in [0.717, 1.165) is 0 Å². The molecule has 0 aliphatic heterocycles. The van der Waals surface area contributed by atoms with Crippen LogP contribution in [0.25, 0.3) is 0 Å². The van der Waals surface area contributed by atoms with Crippen LogP contribution in [0.1, 0.15) is 32.1 Å². The van der Waals surface area contributed by atoms with Gasteiger partial charge in [-0.05, 0) is 0 Å². The summed E-state index contributed by atoms with van der Waals surface area (Å²) in [6.45, 7) is 0.167. The van der Waals surface area contributed by atoms with E-state index >= 15 is 0 Å². The maximum atomic E-state index is 10.3. The van der Waals surface area contributed by atoms with Crippen LogP contribution in [0.3, 0.4) is 0 Å². The molecule has 0 aromatic carbocycles. The maximum Gasteiger partial charge on any atom is -0.0517 e. The van der Waals surface area contributed by atoms with Crippen LogP contribution in [0, 0.1) is 5.92 Å². The lowest BCUT2D eigenvalue weighted by atomic mass is 9.90. The van der Waals surface area contributed by atoms with Gasteiger partial charge in [0.1, 0.15) is 0 Å². The van der Waals surface area contributed by atoms with Crippen LogP contribution in [-0.2, 0) is 0 Å². The van der Waals surface area contributed by atoms with Crippen molar-refractivity contribution in [1.29, 1.82) is 0 Å². The van der Waals surface area contributed by atoms with E-state index in [9.17, 15) is 5.11 Å². The maximum absolute atomic E-state index is 10.3. The molecule has 0 amide bonds. The van der Waals surface area contributed by atoms with Crippen molar-refractivity contribution in [1.82, 2.24) is 0 Å². The molecule has 8 heavy (non-hydrogen) atoms. The molecule has 1 saturated carbocycles.